The number of rotatable bonds is 68. The van der Waals surface area contributed by atoms with Crippen molar-refractivity contribution in [1.82, 2.24) is 0 Å². The zero-order valence-electron chi connectivity index (χ0n) is 60.3. The van der Waals surface area contributed by atoms with Gasteiger partial charge in [0.2, 0.25) is 0 Å². The molecule has 93 heavy (non-hydrogen) atoms. The number of likely N-dealkylation sites (N-methyl/N-ethyl adjacent to an activating group) is 1. The van der Waals surface area contributed by atoms with Gasteiger partial charge in [0.1, 0.15) is 13.2 Å². The van der Waals surface area contributed by atoms with Gasteiger partial charge in [-0.15, -0.1) is 0 Å². The molecule has 0 aromatic heterocycles. The molecule has 0 aliphatic heterocycles. The van der Waals surface area contributed by atoms with Crippen molar-refractivity contribution >= 4 is 17.9 Å². The van der Waals surface area contributed by atoms with Crippen molar-refractivity contribution in [2.45, 2.75) is 309 Å². The second kappa shape index (κ2) is 72.7. The Morgan fingerprint density at radius 2 is 0.581 bits per heavy atom. The molecule has 0 amide bonds. The first-order valence-corrected chi connectivity index (χ1v) is 37.6. The zero-order valence-corrected chi connectivity index (χ0v) is 60.3. The number of ether oxygens (including phenoxy) is 4. The van der Waals surface area contributed by atoms with Crippen LogP contribution in [-0.4, -0.2) is 82.3 Å². The average molecular weight is 1290 g/mol. The Bertz CT molecular complexity index is 2090. The van der Waals surface area contributed by atoms with E-state index < -0.39 is 24.3 Å². The number of esters is 2. The Morgan fingerprint density at radius 3 is 0.860 bits per heavy atom. The van der Waals surface area contributed by atoms with Crippen LogP contribution in [0.25, 0.3) is 0 Å². The molecule has 0 saturated heterocycles. The lowest BCUT2D eigenvalue weighted by atomic mass is 10.0. The highest BCUT2D eigenvalue weighted by Crippen LogP contribution is 2.17. The topological polar surface area (TPSA) is 111 Å². The molecule has 0 bridgehead atoms. The minimum Gasteiger partial charge on any atom is -0.545 e. The average Bonchev–Trinajstić information content (AvgIpc) is 3.38. The van der Waals surface area contributed by atoms with Crippen LogP contribution in [-0.2, 0) is 33.3 Å². The lowest BCUT2D eigenvalue weighted by Gasteiger charge is -2.26. The number of allylic oxidation sites excluding steroid dienone is 26. The smallest absolute Gasteiger partial charge is 0.306 e. The van der Waals surface area contributed by atoms with Gasteiger partial charge in [0.25, 0.3) is 0 Å². The van der Waals surface area contributed by atoms with Crippen LogP contribution in [0.15, 0.2) is 158 Å². The van der Waals surface area contributed by atoms with E-state index >= 15 is 0 Å². The third kappa shape index (κ3) is 74.2. The number of carboxylic acid groups (broad SMARTS) is 1. The van der Waals surface area contributed by atoms with Gasteiger partial charge in [0.05, 0.1) is 40.3 Å². The van der Waals surface area contributed by atoms with E-state index in [1.54, 1.807) is 0 Å². The second-order valence-corrected chi connectivity index (χ2v) is 25.8. The standard InChI is InChI=1S/C84H139NO8/c1-6-8-10-12-14-16-18-20-22-24-26-28-30-32-34-36-37-38-39-40-41-42-43-44-45-47-49-51-53-55-57-59-61-63-65-67-69-71-73-75-82(87)93-80(79-92-84(83(88)89)90-77-76-85(3,4)5)78-91-81(86)74-72-70-68-66-64-62-60-58-56-54-52-50-48-46-35-33-31-29-27-25-23-21-19-17-15-13-11-9-7-2/h8-11,14-17,20-23,26-29,32-35,37-38,40-41,43-44,80,84H,6-7,12-13,18-19,24-25,30-31,36,39,42,45-79H2,1-5H3/b10-8-,11-9-,16-14-,17-15-,22-20-,23-21-,28-26-,29-27-,34-32-,35-33-,38-37-,41-40-,44-43-. The summed E-state index contributed by atoms with van der Waals surface area (Å²) in [5.74, 6) is -2.29. The van der Waals surface area contributed by atoms with E-state index in [-0.39, 0.29) is 38.6 Å². The molecule has 2 unspecified atom stereocenters. The molecule has 0 aliphatic rings. The summed E-state index contributed by atoms with van der Waals surface area (Å²) in [4.78, 5) is 37.6. The van der Waals surface area contributed by atoms with Gasteiger partial charge >= 0.3 is 11.9 Å². The summed E-state index contributed by atoms with van der Waals surface area (Å²) in [7, 11) is 5.93. The van der Waals surface area contributed by atoms with Gasteiger partial charge in [0.15, 0.2) is 12.4 Å². The van der Waals surface area contributed by atoms with Crippen molar-refractivity contribution in [3.05, 3.63) is 158 Å². The van der Waals surface area contributed by atoms with E-state index in [1.807, 2.05) is 21.1 Å². The number of carbonyl (C=O) groups excluding carboxylic acids is 3. The molecule has 0 saturated carbocycles. The maximum Gasteiger partial charge on any atom is 0.306 e. The molecule has 0 rings (SSSR count). The number of carboxylic acids is 1. The van der Waals surface area contributed by atoms with E-state index in [1.165, 1.54) is 141 Å². The Hall–Kier alpha value is -5.09. The van der Waals surface area contributed by atoms with Crippen LogP contribution in [0.3, 0.4) is 0 Å². The molecule has 0 spiro atoms. The predicted octanol–water partition coefficient (Wildman–Crippen LogP) is 22.7. The third-order valence-electron chi connectivity index (χ3n) is 15.8. The minimum atomic E-state index is -1.63. The van der Waals surface area contributed by atoms with E-state index in [4.69, 9.17) is 18.9 Å². The Morgan fingerprint density at radius 1 is 0.323 bits per heavy atom. The summed E-state index contributed by atoms with van der Waals surface area (Å²) < 4.78 is 22.8. The molecule has 0 heterocycles. The first kappa shape index (κ1) is 87.9. The molecule has 2 atom stereocenters. The van der Waals surface area contributed by atoms with Crippen molar-refractivity contribution in [2.24, 2.45) is 0 Å². The first-order chi connectivity index (χ1) is 45.6. The Labute approximate surface area is 572 Å². The van der Waals surface area contributed by atoms with Crippen LogP contribution in [0.4, 0.5) is 0 Å². The van der Waals surface area contributed by atoms with Gasteiger partial charge in [-0.05, 0) is 122 Å². The summed E-state index contributed by atoms with van der Waals surface area (Å²) in [5, 5.41) is 11.8. The van der Waals surface area contributed by atoms with Gasteiger partial charge in [-0.1, -0.05) is 320 Å². The molecular weight excluding hydrogens is 1150 g/mol. The second-order valence-electron chi connectivity index (χ2n) is 25.8. The van der Waals surface area contributed by atoms with Gasteiger partial charge in [-0.25, -0.2) is 0 Å². The molecule has 9 heteroatoms. The maximum atomic E-state index is 13.0. The normalized spacial score (nSPS) is 13.6. The molecule has 0 fully saturated rings. The first-order valence-electron chi connectivity index (χ1n) is 37.6. The summed E-state index contributed by atoms with van der Waals surface area (Å²) in [6, 6.07) is 0. The maximum absolute atomic E-state index is 13.0. The molecular formula is C84H139NO8. The monoisotopic (exact) mass is 1290 g/mol. The molecule has 528 valence electrons. The van der Waals surface area contributed by atoms with Crippen molar-refractivity contribution in [3.8, 4) is 0 Å². The molecule has 9 nitrogen and oxygen atoms in total. The number of nitrogens with zero attached hydrogens (tertiary/aromatic N) is 1. The molecule has 0 radical (unpaired) electrons. The van der Waals surface area contributed by atoms with E-state index in [9.17, 15) is 19.5 Å². The fourth-order valence-corrected chi connectivity index (χ4v) is 10.1. The Kier molecular flexibility index (Phi) is 68.8. The quantitative estimate of drug-likeness (QED) is 0.0195. The largest absolute Gasteiger partial charge is 0.545 e. The number of quaternary nitrogens is 1. The number of carbonyl (C=O) groups is 3. The lowest BCUT2D eigenvalue weighted by molar-refractivity contribution is -0.870. The van der Waals surface area contributed by atoms with Crippen LogP contribution >= 0.6 is 0 Å². The van der Waals surface area contributed by atoms with Crippen LogP contribution in [0.1, 0.15) is 296 Å². The molecule has 0 aromatic rings. The van der Waals surface area contributed by atoms with E-state index in [0.717, 1.165) is 122 Å². The lowest BCUT2D eigenvalue weighted by Crippen LogP contribution is -2.44. The SMILES string of the molecule is CC/C=C\C/C=C\C/C=C\C/C=C\C/C=C\C/C=C\C/C=C\C/C=C\CCCCCCCCCCCCCCCCC(=O)OC(COC(=O)CCCCCCCCCCCCCCC/C=C\C/C=C\C/C=C\C/C=C\C/C=C\CC)COC(OCC[N+](C)(C)C)C(=O)[O-]. The predicted molar refractivity (Wildman–Crippen MR) is 398 cm³/mol. The molecule has 0 N–H and O–H groups in total. The number of hydrogen-bond acceptors (Lipinski definition) is 8. The highest BCUT2D eigenvalue weighted by molar-refractivity contribution is 5.70. The summed E-state index contributed by atoms with van der Waals surface area (Å²) >= 11 is 0. The summed E-state index contributed by atoms with van der Waals surface area (Å²) in [5.41, 5.74) is 0. The van der Waals surface area contributed by atoms with Crippen molar-refractivity contribution in [2.75, 3.05) is 47.5 Å². The van der Waals surface area contributed by atoms with Gasteiger partial charge in [0, 0.05) is 12.8 Å². The number of aliphatic carboxylic acids is 1. The van der Waals surface area contributed by atoms with E-state index in [2.05, 4.69) is 172 Å². The van der Waals surface area contributed by atoms with Gasteiger partial charge in [-0.2, -0.15) is 0 Å². The van der Waals surface area contributed by atoms with E-state index in [0.29, 0.717) is 17.4 Å². The number of unbranched alkanes of at least 4 members (excludes halogenated alkanes) is 27. The van der Waals surface area contributed by atoms with Gasteiger partial charge < -0.3 is 33.3 Å². The fourth-order valence-electron chi connectivity index (χ4n) is 10.1. The van der Waals surface area contributed by atoms with Crippen LogP contribution in [0.2, 0.25) is 0 Å². The highest BCUT2D eigenvalue weighted by Gasteiger charge is 2.22. The number of hydrogen-bond donors (Lipinski definition) is 0. The molecule has 0 aromatic carbocycles. The van der Waals surface area contributed by atoms with Crippen molar-refractivity contribution < 1.29 is 42.9 Å². The third-order valence-corrected chi connectivity index (χ3v) is 15.8. The zero-order chi connectivity index (χ0) is 67.5. The van der Waals surface area contributed by atoms with Crippen LogP contribution in [0, 0.1) is 0 Å². The summed E-state index contributed by atoms with van der Waals surface area (Å²) in [6.45, 7) is 4.53. The fraction of sp³-hybridized carbons (Fsp3) is 0.655. The van der Waals surface area contributed by atoms with Crippen molar-refractivity contribution in [3.63, 3.8) is 0 Å². The van der Waals surface area contributed by atoms with Crippen LogP contribution in [0.5, 0.6) is 0 Å². The Balaban J connectivity index is 4.10. The molecule has 0 aliphatic carbocycles. The summed E-state index contributed by atoms with van der Waals surface area (Å²) in [6.07, 6.45) is 105. The minimum absolute atomic E-state index is 0.142. The van der Waals surface area contributed by atoms with Crippen molar-refractivity contribution in [1.29, 1.82) is 0 Å². The highest BCUT2D eigenvalue weighted by atomic mass is 16.7. The van der Waals surface area contributed by atoms with Gasteiger partial charge in [-0.3, -0.25) is 9.59 Å². The van der Waals surface area contributed by atoms with Crippen LogP contribution < -0.4 is 5.11 Å².